The van der Waals surface area contributed by atoms with Crippen molar-refractivity contribution < 1.29 is 4.74 Å². The monoisotopic (exact) mass is 316 g/mol. The highest BCUT2D eigenvalue weighted by molar-refractivity contribution is 6.16. The number of H-pyrrole nitrogens is 1. The molecule has 0 aliphatic carbocycles. The van der Waals surface area contributed by atoms with Gasteiger partial charge in [-0.1, -0.05) is 0 Å². The molecule has 0 unspecified atom stereocenters. The molecule has 120 valence electrons. The fraction of sp³-hybridized carbons (Fsp3) is 0.308. The van der Waals surface area contributed by atoms with Crippen LogP contribution in [-0.2, 0) is 4.74 Å². The third kappa shape index (κ3) is 3.26. The second-order valence-corrected chi connectivity index (χ2v) is 4.71. The van der Waals surface area contributed by atoms with Gasteiger partial charge in [0.2, 0.25) is 0 Å². The van der Waals surface area contributed by atoms with Gasteiger partial charge in [-0.15, -0.1) is 0 Å². The van der Waals surface area contributed by atoms with Gasteiger partial charge in [-0.3, -0.25) is 9.89 Å². The van der Waals surface area contributed by atoms with Crippen molar-refractivity contribution in [3.05, 3.63) is 28.9 Å². The normalized spacial score (nSPS) is 15.7. The van der Waals surface area contributed by atoms with E-state index in [1.54, 1.807) is 6.07 Å². The maximum Gasteiger partial charge on any atom is 0.298 e. The van der Waals surface area contributed by atoms with Gasteiger partial charge in [0.1, 0.15) is 17.8 Å². The van der Waals surface area contributed by atoms with Gasteiger partial charge in [-0.2, -0.15) is 9.78 Å². The van der Waals surface area contributed by atoms with Crippen molar-refractivity contribution in [3.63, 3.8) is 0 Å². The van der Waals surface area contributed by atoms with Gasteiger partial charge in [-0.25, -0.2) is 15.0 Å². The van der Waals surface area contributed by atoms with Crippen LogP contribution >= 0.6 is 0 Å². The molecule has 10 heteroatoms. The van der Waals surface area contributed by atoms with Crippen LogP contribution in [0.5, 0.6) is 0 Å². The van der Waals surface area contributed by atoms with E-state index in [2.05, 4.69) is 30.1 Å². The van der Waals surface area contributed by atoms with Crippen molar-refractivity contribution in [2.24, 2.45) is 15.9 Å². The number of ether oxygens (including phenoxy) is 1. The lowest BCUT2D eigenvalue weighted by Crippen LogP contribution is -2.36. The lowest BCUT2D eigenvalue weighted by molar-refractivity contribution is 0.122. The van der Waals surface area contributed by atoms with E-state index in [1.165, 1.54) is 29.6 Å². The number of aliphatic imine (C=N–C) groups is 1. The molecule has 1 fully saturated rings. The van der Waals surface area contributed by atoms with Gasteiger partial charge in [0, 0.05) is 25.4 Å². The zero-order valence-electron chi connectivity index (χ0n) is 12.3. The quantitative estimate of drug-likeness (QED) is 0.442. The van der Waals surface area contributed by atoms with Crippen molar-refractivity contribution in [2.75, 3.05) is 31.2 Å². The SMILES string of the molecule is NN=CC=Nc1c[nH]n(-c2cc(N3CCOCC3)ncn2)c1=O. The van der Waals surface area contributed by atoms with E-state index >= 15 is 0 Å². The highest BCUT2D eigenvalue weighted by Gasteiger charge is 2.15. The van der Waals surface area contributed by atoms with Crippen LogP contribution in [0.2, 0.25) is 0 Å². The van der Waals surface area contributed by atoms with Crippen LogP contribution in [0.1, 0.15) is 0 Å². The van der Waals surface area contributed by atoms with E-state index < -0.39 is 0 Å². The molecule has 3 N–H and O–H groups in total. The van der Waals surface area contributed by atoms with Crippen LogP contribution in [-0.4, -0.2) is 58.5 Å². The lowest BCUT2D eigenvalue weighted by atomic mass is 10.4. The van der Waals surface area contributed by atoms with Crippen molar-refractivity contribution in [1.82, 2.24) is 19.7 Å². The van der Waals surface area contributed by atoms with E-state index in [0.29, 0.717) is 19.0 Å². The van der Waals surface area contributed by atoms with Crippen LogP contribution in [0.15, 0.2) is 33.5 Å². The van der Waals surface area contributed by atoms with Crippen LogP contribution in [0, 0.1) is 0 Å². The van der Waals surface area contributed by atoms with Crippen molar-refractivity contribution in [1.29, 1.82) is 0 Å². The number of nitrogens with zero attached hydrogens (tertiary/aromatic N) is 6. The van der Waals surface area contributed by atoms with E-state index in [0.717, 1.165) is 18.9 Å². The molecule has 0 amide bonds. The Labute approximate surface area is 131 Å². The summed E-state index contributed by atoms with van der Waals surface area (Å²) in [5, 5.41) is 6.11. The standard InChI is InChI=1S/C13H16N8O2/c14-18-2-1-15-10-8-19-21(13(10)22)12-7-11(16-9-17-12)20-3-5-23-6-4-20/h1-2,7-9,19H,3-6,14H2. The predicted molar refractivity (Wildman–Crippen MR) is 85.8 cm³/mol. The van der Waals surface area contributed by atoms with Gasteiger partial charge < -0.3 is 15.5 Å². The average Bonchev–Trinajstić information content (AvgIpc) is 2.97. The van der Waals surface area contributed by atoms with Gasteiger partial charge >= 0.3 is 0 Å². The second kappa shape index (κ2) is 6.83. The Hall–Kier alpha value is -3.01. The smallest absolute Gasteiger partial charge is 0.298 e. The largest absolute Gasteiger partial charge is 0.378 e. The number of nitrogens with two attached hydrogens (primary N) is 1. The van der Waals surface area contributed by atoms with Gasteiger partial charge in [-0.05, 0) is 0 Å². The predicted octanol–water partition coefficient (Wildman–Crippen LogP) is -0.561. The van der Waals surface area contributed by atoms with Crippen LogP contribution in [0.25, 0.3) is 5.82 Å². The first-order valence-corrected chi connectivity index (χ1v) is 7.01. The number of anilines is 1. The fourth-order valence-electron chi connectivity index (χ4n) is 2.20. The first kappa shape index (κ1) is 14.9. The van der Waals surface area contributed by atoms with Crippen molar-refractivity contribution in [2.45, 2.75) is 0 Å². The summed E-state index contributed by atoms with van der Waals surface area (Å²) in [6.45, 7) is 2.82. The Kier molecular flexibility index (Phi) is 4.43. The highest BCUT2D eigenvalue weighted by atomic mass is 16.5. The minimum atomic E-state index is -0.321. The fourth-order valence-corrected chi connectivity index (χ4v) is 2.20. The first-order chi connectivity index (χ1) is 11.3. The first-order valence-electron chi connectivity index (χ1n) is 7.01. The third-order valence-corrected chi connectivity index (χ3v) is 3.32. The van der Waals surface area contributed by atoms with E-state index in [4.69, 9.17) is 10.6 Å². The number of hydrazone groups is 1. The van der Waals surface area contributed by atoms with Gasteiger partial charge in [0.25, 0.3) is 5.56 Å². The number of aromatic nitrogens is 4. The molecule has 0 atom stereocenters. The topological polar surface area (TPSA) is 127 Å². The summed E-state index contributed by atoms with van der Waals surface area (Å²) in [7, 11) is 0. The number of morpholine rings is 1. The van der Waals surface area contributed by atoms with E-state index in [9.17, 15) is 4.79 Å². The molecule has 3 heterocycles. The molecular formula is C13H16N8O2. The highest BCUT2D eigenvalue weighted by Crippen LogP contribution is 2.14. The molecular weight excluding hydrogens is 300 g/mol. The molecule has 0 aromatic carbocycles. The van der Waals surface area contributed by atoms with Gasteiger partial charge in [0.15, 0.2) is 5.82 Å². The Morgan fingerprint density at radius 1 is 1.26 bits per heavy atom. The van der Waals surface area contributed by atoms with Crippen LogP contribution in [0.3, 0.4) is 0 Å². The number of rotatable bonds is 4. The molecule has 0 saturated carbocycles. The summed E-state index contributed by atoms with van der Waals surface area (Å²) in [5.74, 6) is 6.17. The van der Waals surface area contributed by atoms with Crippen LogP contribution < -0.4 is 16.3 Å². The lowest BCUT2D eigenvalue weighted by Gasteiger charge is -2.27. The molecule has 2 aromatic rings. The Balaban J connectivity index is 1.88. The minimum Gasteiger partial charge on any atom is -0.378 e. The number of hydrogen-bond donors (Lipinski definition) is 2. The Bertz CT molecular complexity index is 772. The van der Waals surface area contributed by atoms with Crippen molar-refractivity contribution >= 4 is 23.9 Å². The van der Waals surface area contributed by atoms with Crippen LogP contribution in [0.4, 0.5) is 11.5 Å². The zero-order valence-corrected chi connectivity index (χ0v) is 12.3. The molecule has 1 aliphatic rings. The summed E-state index contributed by atoms with van der Waals surface area (Å²) in [5.41, 5.74) is -0.0882. The van der Waals surface area contributed by atoms with Gasteiger partial charge in [0.05, 0.1) is 25.6 Å². The summed E-state index contributed by atoms with van der Waals surface area (Å²) in [6.07, 6.45) is 5.54. The second-order valence-electron chi connectivity index (χ2n) is 4.71. The van der Waals surface area contributed by atoms with Crippen molar-refractivity contribution in [3.8, 4) is 5.82 Å². The van der Waals surface area contributed by atoms with E-state index in [1.807, 2.05) is 0 Å². The molecule has 1 saturated heterocycles. The number of hydrogen-bond acceptors (Lipinski definition) is 8. The molecule has 1 aliphatic heterocycles. The average molecular weight is 316 g/mol. The maximum atomic E-state index is 12.3. The zero-order chi connectivity index (χ0) is 16.1. The summed E-state index contributed by atoms with van der Waals surface area (Å²) in [4.78, 5) is 26.7. The summed E-state index contributed by atoms with van der Waals surface area (Å²) < 4.78 is 6.63. The molecule has 0 bridgehead atoms. The Morgan fingerprint density at radius 2 is 2.04 bits per heavy atom. The summed E-state index contributed by atoms with van der Waals surface area (Å²) in [6, 6.07) is 1.75. The molecule has 0 radical (unpaired) electrons. The van der Waals surface area contributed by atoms with E-state index in [-0.39, 0.29) is 11.2 Å². The summed E-state index contributed by atoms with van der Waals surface area (Å²) >= 11 is 0. The molecule has 2 aromatic heterocycles. The number of aromatic amines is 1. The maximum absolute atomic E-state index is 12.3. The molecule has 0 spiro atoms. The molecule has 23 heavy (non-hydrogen) atoms. The molecule has 3 rings (SSSR count). The number of nitrogens with one attached hydrogen (secondary N) is 1. The third-order valence-electron chi connectivity index (χ3n) is 3.32. The Morgan fingerprint density at radius 3 is 2.83 bits per heavy atom. The minimum absolute atomic E-state index is 0.233. The molecule has 10 nitrogen and oxygen atoms in total.